The number of pyridine rings is 4. The van der Waals surface area contributed by atoms with Crippen LogP contribution in [0, 0.1) is 82.9 Å². The van der Waals surface area contributed by atoms with Gasteiger partial charge in [0.2, 0.25) is 23.5 Å². The highest BCUT2D eigenvalue weighted by molar-refractivity contribution is 6.08. The van der Waals surface area contributed by atoms with Gasteiger partial charge in [-0.2, -0.15) is 0 Å². The van der Waals surface area contributed by atoms with E-state index in [1.54, 1.807) is 48.3 Å². The SMILES string of the molecule is [2H]c1nc(=Nc2c([2H])c(C(=O)Nc3c([2H])c(C)c([2H])c(-n4ccc(C)c4)c3[2H])c([2H])c([2H])c2C)[nH]c(-c2cccnc2)c1[2H].[2H]c1nc([2H])c(-c2ccnc(N([2H])c3c([2H])c(C(=O)Nc4c([2H])c(C)c([2H])c(-n5c([2H])nc(C)c5[2H])c4[2H])c([2H])c([2H])c3C([2H])([2H])[2H])n2)c([2H])c1[2H].[2H]c1nc([2H])c(-c2ccnc(Nc3c([2H])c(C(=O)Nc4c([2H])c(C)c([2H])c(-n5c([2H])cc(C)c5[2H])c4[2H])c([2H])c([2H])c3C([2H])([2H])[2H])n2)c([2H])c1[2H].[2H]c1nc([2H])c(-c2ccnc(Nc3c([2H])c(C(=O)Nc4c([2H])c(C)c([2H])c(-n5c([2H])nc(C)c5[2H])c4[2H])c([2H])c([2H])c3C)n2)c([2H])c1[2H]. The summed E-state index contributed by atoms with van der Waals surface area (Å²) in [5, 5.41) is 14.9. The van der Waals surface area contributed by atoms with E-state index >= 15 is 0 Å². The molecule has 0 spiro atoms. The Morgan fingerprint density at radius 2 is 0.812 bits per heavy atom. The zero-order valence-corrected chi connectivity index (χ0v) is 76.7. The molecule has 144 heavy (non-hydrogen) atoms. The molecule has 20 rings (SSSR count). The predicted octanol–water partition coefficient (Wildman–Crippen LogP) is 23.2. The number of benzene rings is 8. The Hall–Kier alpha value is -19.3. The Morgan fingerprint density at radius 3 is 1.26 bits per heavy atom. The largest absolute Gasteiger partial charge is 0.324 e. The van der Waals surface area contributed by atoms with Gasteiger partial charge in [0.05, 0.1) is 110 Å². The maximum Gasteiger partial charge on any atom is 0.255 e. The monoisotopic (exact) mass is 1950 g/mol. The second kappa shape index (κ2) is 44.5. The average molecular weight is 1950 g/mol. The van der Waals surface area contributed by atoms with E-state index in [4.69, 9.17) is 69.9 Å². The Bertz CT molecular complexity index is 11300. The van der Waals surface area contributed by atoms with E-state index < -0.39 is 312 Å². The van der Waals surface area contributed by atoms with Crippen molar-refractivity contribution in [2.75, 3.05) is 37.2 Å². The van der Waals surface area contributed by atoms with Gasteiger partial charge in [0.15, 0.2) is 1.41 Å². The number of imidazole rings is 2. The first kappa shape index (κ1) is 52.0. The number of carbonyl (C=O) groups excluding carboxylic acids is 4. The van der Waals surface area contributed by atoms with Crippen molar-refractivity contribution < 1.29 is 89.1 Å². The number of H-pyrrole nitrogens is 1. The van der Waals surface area contributed by atoms with E-state index in [1.165, 1.54) is 92.0 Å². The minimum atomic E-state index is -3.25. The highest BCUT2D eigenvalue weighted by atomic mass is 16.2. The molecule has 712 valence electrons. The minimum absolute atomic E-state index is 0.00332. The number of amides is 4. The molecule has 12 heterocycles. The summed E-state index contributed by atoms with van der Waals surface area (Å²) < 4.78 is 430. The highest BCUT2D eigenvalue weighted by Crippen LogP contribution is 2.32. The number of aromatic nitrogens is 18. The second-order valence-corrected chi connectivity index (χ2v) is 30.2. The van der Waals surface area contributed by atoms with Crippen LogP contribution >= 0.6 is 0 Å². The highest BCUT2D eigenvalue weighted by Gasteiger charge is 2.20. The van der Waals surface area contributed by atoms with Crippen LogP contribution in [0.2, 0.25) is 1.41 Å². The summed E-state index contributed by atoms with van der Waals surface area (Å²) in [7, 11) is 0. The van der Waals surface area contributed by atoms with Crippen LogP contribution in [-0.2, 0) is 0 Å². The fourth-order valence-electron chi connectivity index (χ4n) is 12.5. The zero-order chi connectivity index (χ0) is 144. The lowest BCUT2D eigenvalue weighted by molar-refractivity contribution is 0.101. The van der Waals surface area contributed by atoms with Crippen LogP contribution in [0.5, 0.6) is 0 Å². The van der Waals surface area contributed by atoms with Gasteiger partial charge in [-0.15, -0.1) is 0 Å². The molecule has 4 amide bonds. The van der Waals surface area contributed by atoms with E-state index in [1.807, 2.05) is 6.92 Å². The number of carbonyl (C=O) groups is 4. The molecule has 0 aliphatic heterocycles. The van der Waals surface area contributed by atoms with Gasteiger partial charge in [-0.1, -0.05) is 24.2 Å². The van der Waals surface area contributed by atoms with Crippen LogP contribution in [0.15, 0.2) is 359 Å². The van der Waals surface area contributed by atoms with E-state index in [-0.39, 0.29) is 208 Å². The topological polar surface area (TPSA) is 368 Å². The van der Waals surface area contributed by atoms with Crippen molar-refractivity contribution in [2.45, 2.75) is 82.9 Å². The Morgan fingerprint density at radius 1 is 0.375 bits per heavy atom. The number of aromatic amines is 1. The lowest BCUT2D eigenvalue weighted by atomic mass is 10.1. The number of aryl methyl sites for hydroxylation is 4. The minimum Gasteiger partial charge on any atom is -0.324 e. The van der Waals surface area contributed by atoms with Gasteiger partial charge in [-0.25, -0.2) is 49.8 Å². The van der Waals surface area contributed by atoms with Crippen molar-refractivity contribution in [3.8, 4) is 67.8 Å². The summed E-state index contributed by atoms with van der Waals surface area (Å²) in [5.74, 6) is -6.09. The molecule has 0 radical (unpaired) electrons. The second-order valence-electron chi connectivity index (χ2n) is 30.2. The Labute approximate surface area is 903 Å². The Balaban J connectivity index is 0.000000169. The van der Waals surface area contributed by atoms with Gasteiger partial charge >= 0.3 is 0 Å². The average Bonchev–Trinajstić information content (AvgIpc) is 1.71. The molecule has 30 nitrogen and oxygen atoms in total. The molecular weight excluding hydrogens is 1800 g/mol. The standard InChI is InChI=1S/2C29H26N6O.2C28H25N7O/c2*1-19-9-12-35(18-19)25-14-20(2)13-24(16-25)32-28(36)22-7-6-21(3)27(15-22)34-29-31-11-8-26(33-29)23-5-4-10-30-17-23;2*1-18-11-23(14-24(12-18)35-16-20(3)31-17-35)32-27(36)21-7-6-19(2)26(13-21)34-28-30-10-8-25(33-28)22-5-4-9-29-15-22/h2*4-18H,1-3H3,(H,32,36)(H,31,33,34);2*4-17H,1-3H3,(H,32,36)(H,30,33,34)/i3D3,4D,5D,6D,7D,10D,12D,13D,14D,15D,16D,17D,18D;6D,7D,8D,11D,13D,14D,15D,16D;2D3,4D,5D,6D,7D,9D,11D,12D,13D,14D,15D,16D,17D;4D,5D,6D,7D,9D,11D,12D,13D,14D,15D,16D,17D/hD. The van der Waals surface area contributed by atoms with Gasteiger partial charge in [0.1, 0.15) is 2.74 Å². The predicted molar refractivity (Wildman–Crippen MR) is 566 cm³/mol. The third-order valence-corrected chi connectivity index (χ3v) is 19.1. The summed E-state index contributed by atoms with van der Waals surface area (Å²) in [6, 6.07) is -7.38. The van der Waals surface area contributed by atoms with Crippen molar-refractivity contribution >= 4 is 87.0 Å². The summed E-state index contributed by atoms with van der Waals surface area (Å²) in [6.07, 6.45) is 4.09. The molecule has 30 heteroatoms. The first-order valence-electron chi connectivity index (χ1n) is 67.7. The smallest absolute Gasteiger partial charge is 0.255 e. The molecule has 20 aromatic rings. The fourth-order valence-corrected chi connectivity index (χ4v) is 12.5. The lowest BCUT2D eigenvalue weighted by Gasteiger charge is -2.13. The molecule has 0 unspecified atom stereocenters. The van der Waals surface area contributed by atoms with Crippen molar-refractivity contribution in [2.24, 2.45) is 4.99 Å². The number of nitrogens with one attached hydrogen (secondary N) is 8. The molecule has 0 atom stereocenters. The quantitative estimate of drug-likeness (QED) is 0.0295. The number of hydrogen-bond donors (Lipinski definition) is 8. The van der Waals surface area contributed by atoms with Crippen LogP contribution in [-0.4, -0.2) is 112 Å². The molecule has 0 bridgehead atoms. The summed E-state index contributed by atoms with van der Waals surface area (Å²) in [6.45, 7) is 8.44. The van der Waals surface area contributed by atoms with E-state index in [0.29, 0.717) is 11.1 Å². The van der Waals surface area contributed by atoms with Crippen molar-refractivity contribution in [1.82, 2.24) is 88.0 Å². The third kappa shape index (κ3) is 25.2. The van der Waals surface area contributed by atoms with Gasteiger partial charge in [-0.05, 0) is 344 Å². The molecule has 0 saturated heterocycles. The number of anilines is 10. The van der Waals surface area contributed by atoms with E-state index in [9.17, 15) is 19.2 Å². The van der Waals surface area contributed by atoms with Gasteiger partial charge in [0, 0.05) is 227 Å². The molecule has 0 fully saturated rings. The fraction of sp³-hybridized carbons (Fsp3) is 0.105. The van der Waals surface area contributed by atoms with Crippen LogP contribution in [0.25, 0.3) is 67.8 Å². The van der Waals surface area contributed by atoms with E-state index in [2.05, 4.69) is 107 Å². The lowest BCUT2D eigenvalue weighted by Crippen LogP contribution is -2.14. The summed E-state index contributed by atoms with van der Waals surface area (Å²) in [5.41, 5.74) is -7.87. The number of hydrogen-bond acceptors (Lipinski definition) is 21. The molecule has 0 saturated carbocycles. The molecule has 12 aromatic heterocycles. The number of rotatable bonds is 23. The van der Waals surface area contributed by atoms with Gasteiger partial charge in [0.25, 0.3) is 23.6 Å². The summed E-state index contributed by atoms with van der Waals surface area (Å²) in [4.78, 5) is 113. The van der Waals surface area contributed by atoms with E-state index in [0.717, 1.165) is 31.7 Å². The summed E-state index contributed by atoms with van der Waals surface area (Å²) >= 11 is 0. The number of nitrogens with zero attached hydrogens (tertiary/aromatic N) is 18. The Kier molecular flexibility index (Phi) is 16.0. The first-order chi connectivity index (χ1) is 91.1. The van der Waals surface area contributed by atoms with Crippen molar-refractivity contribution in [1.29, 1.82) is 0 Å². The molecule has 0 aliphatic carbocycles. The molecular formula is C114H102N26O4. The normalized spacial score (nSPS) is 16.1. The van der Waals surface area contributed by atoms with Crippen LogP contribution in [0.3, 0.4) is 0 Å². The molecule has 8 N–H and O–H groups in total. The van der Waals surface area contributed by atoms with Crippen LogP contribution in [0.4, 0.5) is 63.3 Å². The van der Waals surface area contributed by atoms with Crippen molar-refractivity contribution in [3.05, 3.63) is 449 Å². The zero-order valence-electron chi connectivity index (χ0n) is 128. The molecule has 8 aromatic carbocycles. The van der Waals surface area contributed by atoms with Crippen LogP contribution in [0.1, 0.15) is 177 Å². The maximum atomic E-state index is 13.9. The van der Waals surface area contributed by atoms with Crippen LogP contribution < -0.4 is 42.8 Å². The maximum absolute atomic E-state index is 13.9. The third-order valence-electron chi connectivity index (χ3n) is 19.1. The van der Waals surface area contributed by atoms with Crippen molar-refractivity contribution in [3.63, 3.8) is 0 Å². The first-order valence-corrected chi connectivity index (χ1v) is 42.3. The van der Waals surface area contributed by atoms with Gasteiger partial charge < -0.3 is 60.5 Å². The molecule has 0 aliphatic rings. The van der Waals surface area contributed by atoms with Gasteiger partial charge in [-0.3, -0.25) is 39.1 Å².